The number of ether oxygens (including phenoxy) is 1. The first-order valence-corrected chi connectivity index (χ1v) is 6.95. The number of hydrogen-bond acceptors (Lipinski definition) is 5. The molecule has 1 heterocycles. The second kappa shape index (κ2) is 7.36. The molecule has 2 aromatic rings. The summed E-state index contributed by atoms with van der Waals surface area (Å²) in [5, 5.41) is 9.70. The molecule has 1 aromatic heterocycles. The summed E-state index contributed by atoms with van der Waals surface area (Å²) in [6, 6.07) is 8.06. The molecule has 0 fully saturated rings. The van der Waals surface area contributed by atoms with Gasteiger partial charge in [0.2, 0.25) is 5.89 Å². The average Bonchev–Trinajstić information content (AvgIpc) is 2.88. The van der Waals surface area contributed by atoms with Gasteiger partial charge in [0.25, 0.3) is 0 Å². The van der Waals surface area contributed by atoms with Crippen LogP contribution in [0.1, 0.15) is 11.3 Å². The van der Waals surface area contributed by atoms with Crippen molar-refractivity contribution in [3.8, 4) is 11.5 Å². The predicted molar refractivity (Wildman–Crippen MR) is 80.9 cm³/mol. The van der Waals surface area contributed by atoms with E-state index in [1.54, 1.807) is 13.4 Å². The molecule has 2 rings (SSSR count). The Labute approximate surface area is 125 Å². The molecule has 0 aliphatic heterocycles. The molecule has 0 aliphatic rings. The molecule has 114 valence electrons. The summed E-state index contributed by atoms with van der Waals surface area (Å²) in [6.45, 7) is 3.53. The van der Waals surface area contributed by atoms with Crippen LogP contribution in [0.15, 0.2) is 34.9 Å². The monoisotopic (exact) mass is 290 g/mol. The van der Waals surface area contributed by atoms with E-state index >= 15 is 0 Å². The first kappa shape index (κ1) is 15.7. The minimum absolute atomic E-state index is 0.331. The zero-order chi connectivity index (χ0) is 15.2. The van der Waals surface area contributed by atoms with Crippen LogP contribution >= 0.6 is 0 Å². The second-order valence-electron chi connectivity index (χ2n) is 5.32. The molecule has 0 saturated heterocycles. The first-order chi connectivity index (χ1) is 10.1. The molecular weight excluding hydrogens is 268 g/mol. The van der Waals surface area contributed by atoms with Crippen molar-refractivity contribution in [1.82, 2.24) is 9.88 Å². The van der Waals surface area contributed by atoms with Crippen LogP contribution in [0.5, 0.6) is 0 Å². The maximum Gasteiger partial charge on any atom is 0.226 e. The Morgan fingerprint density at radius 1 is 1.33 bits per heavy atom. The largest absolute Gasteiger partial charge is 0.444 e. The van der Waals surface area contributed by atoms with E-state index < -0.39 is 6.10 Å². The van der Waals surface area contributed by atoms with E-state index in [1.807, 2.05) is 43.1 Å². The molecule has 0 spiro atoms. The van der Waals surface area contributed by atoms with Crippen molar-refractivity contribution in [2.45, 2.75) is 19.6 Å². The van der Waals surface area contributed by atoms with E-state index in [4.69, 9.17) is 9.15 Å². The van der Waals surface area contributed by atoms with Gasteiger partial charge in [-0.25, -0.2) is 4.98 Å². The quantitative estimate of drug-likeness (QED) is 0.846. The maximum atomic E-state index is 9.70. The van der Waals surface area contributed by atoms with Gasteiger partial charge in [-0.05, 0) is 26.1 Å². The Morgan fingerprint density at radius 3 is 2.71 bits per heavy atom. The van der Waals surface area contributed by atoms with Crippen molar-refractivity contribution in [3.63, 3.8) is 0 Å². The highest BCUT2D eigenvalue weighted by atomic mass is 16.5. The van der Waals surface area contributed by atoms with Gasteiger partial charge in [-0.15, -0.1) is 0 Å². The van der Waals surface area contributed by atoms with Crippen LogP contribution in [0.2, 0.25) is 0 Å². The van der Waals surface area contributed by atoms with Crippen LogP contribution in [0.3, 0.4) is 0 Å². The van der Waals surface area contributed by atoms with Gasteiger partial charge in [-0.1, -0.05) is 17.7 Å². The van der Waals surface area contributed by atoms with Gasteiger partial charge >= 0.3 is 0 Å². The third-order valence-corrected chi connectivity index (χ3v) is 3.16. The Bertz CT molecular complexity index is 551. The van der Waals surface area contributed by atoms with Crippen molar-refractivity contribution in [3.05, 3.63) is 41.8 Å². The molecule has 0 aliphatic carbocycles. The van der Waals surface area contributed by atoms with Gasteiger partial charge in [-0.3, -0.25) is 4.90 Å². The SMILES string of the molecule is COCC(O)CN(C)Cc1coc(-c2ccc(C)cc2)n1. The molecule has 5 nitrogen and oxygen atoms in total. The van der Waals surface area contributed by atoms with Crippen LogP contribution in [0.25, 0.3) is 11.5 Å². The van der Waals surface area contributed by atoms with Crippen LogP contribution in [-0.4, -0.2) is 48.4 Å². The highest BCUT2D eigenvalue weighted by Crippen LogP contribution is 2.19. The van der Waals surface area contributed by atoms with Crippen molar-refractivity contribution < 1.29 is 14.3 Å². The molecule has 0 saturated carbocycles. The van der Waals surface area contributed by atoms with Gasteiger partial charge in [0.05, 0.1) is 18.4 Å². The Morgan fingerprint density at radius 2 is 2.05 bits per heavy atom. The summed E-state index contributed by atoms with van der Waals surface area (Å²) in [7, 11) is 3.51. The Hall–Kier alpha value is -1.69. The van der Waals surface area contributed by atoms with Gasteiger partial charge in [0.15, 0.2) is 0 Å². The van der Waals surface area contributed by atoms with E-state index in [2.05, 4.69) is 4.98 Å². The van der Waals surface area contributed by atoms with Crippen molar-refractivity contribution in [1.29, 1.82) is 0 Å². The summed E-state index contributed by atoms with van der Waals surface area (Å²) >= 11 is 0. The standard InChI is InChI=1S/C16H22N2O3/c1-12-4-6-13(7-5-12)16-17-14(10-21-16)8-18(2)9-15(19)11-20-3/h4-7,10,15,19H,8-9,11H2,1-3H3. The fraction of sp³-hybridized carbons (Fsp3) is 0.438. The summed E-state index contributed by atoms with van der Waals surface area (Å²) in [5.41, 5.74) is 3.02. The summed E-state index contributed by atoms with van der Waals surface area (Å²) in [5.74, 6) is 0.621. The lowest BCUT2D eigenvalue weighted by Gasteiger charge is -2.18. The molecule has 0 bridgehead atoms. The molecule has 1 N–H and O–H groups in total. The minimum atomic E-state index is -0.497. The lowest BCUT2D eigenvalue weighted by atomic mass is 10.1. The molecule has 1 atom stereocenters. The zero-order valence-corrected chi connectivity index (χ0v) is 12.7. The second-order valence-corrected chi connectivity index (χ2v) is 5.32. The maximum absolute atomic E-state index is 9.70. The third-order valence-electron chi connectivity index (χ3n) is 3.16. The average molecular weight is 290 g/mol. The van der Waals surface area contributed by atoms with E-state index in [0.717, 1.165) is 11.3 Å². The molecule has 21 heavy (non-hydrogen) atoms. The Balaban J connectivity index is 1.95. The van der Waals surface area contributed by atoms with Gasteiger partial charge in [0, 0.05) is 25.8 Å². The number of nitrogens with zero attached hydrogens (tertiary/aromatic N) is 2. The molecule has 1 unspecified atom stereocenters. The fourth-order valence-electron chi connectivity index (χ4n) is 2.15. The first-order valence-electron chi connectivity index (χ1n) is 6.95. The van der Waals surface area contributed by atoms with Crippen LogP contribution in [0, 0.1) is 6.92 Å². The summed E-state index contributed by atoms with van der Waals surface area (Å²) in [4.78, 5) is 6.47. The summed E-state index contributed by atoms with van der Waals surface area (Å²) < 4.78 is 10.4. The van der Waals surface area contributed by atoms with E-state index in [0.29, 0.717) is 25.6 Å². The number of methoxy groups -OCH3 is 1. The number of rotatable bonds is 7. The smallest absolute Gasteiger partial charge is 0.226 e. The lowest BCUT2D eigenvalue weighted by Crippen LogP contribution is -2.31. The fourth-order valence-corrected chi connectivity index (χ4v) is 2.15. The van der Waals surface area contributed by atoms with Gasteiger partial charge < -0.3 is 14.3 Å². The third kappa shape index (κ3) is 4.67. The number of hydrogen-bond donors (Lipinski definition) is 1. The van der Waals surface area contributed by atoms with Crippen molar-refractivity contribution in [2.24, 2.45) is 0 Å². The van der Waals surface area contributed by atoms with Crippen LogP contribution < -0.4 is 0 Å². The molecule has 0 amide bonds. The van der Waals surface area contributed by atoms with Crippen molar-refractivity contribution >= 4 is 0 Å². The number of oxazole rings is 1. The van der Waals surface area contributed by atoms with E-state index in [1.165, 1.54) is 5.56 Å². The van der Waals surface area contributed by atoms with Gasteiger partial charge in [0.1, 0.15) is 6.26 Å². The highest BCUT2D eigenvalue weighted by Gasteiger charge is 2.11. The number of likely N-dealkylation sites (N-methyl/N-ethyl adjacent to an activating group) is 1. The number of aliphatic hydroxyl groups excluding tert-OH is 1. The van der Waals surface area contributed by atoms with Gasteiger partial charge in [-0.2, -0.15) is 0 Å². The van der Waals surface area contributed by atoms with Crippen LogP contribution in [0.4, 0.5) is 0 Å². The minimum Gasteiger partial charge on any atom is -0.444 e. The molecular formula is C16H22N2O3. The molecule has 1 aromatic carbocycles. The van der Waals surface area contributed by atoms with Crippen LogP contribution in [-0.2, 0) is 11.3 Å². The number of aliphatic hydroxyl groups is 1. The molecule has 5 heteroatoms. The Kier molecular flexibility index (Phi) is 5.50. The normalized spacial score (nSPS) is 12.8. The van der Waals surface area contributed by atoms with E-state index in [-0.39, 0.29) is 0 Å². The van der Waals surface area contributed by atoms with Crippen molar-refractivity contribution in [2.75, 3.05) is 27.3 Å². The highest BCUT2D eigenvalue weighted by molar-refractivity contribution is 5.53. The predicted octanol–water partition coefficient (Wildman–Crippen LogP) is 2.09. The zero-order valence-electron chi connectivity index (χ0n) is 12.7. The topological polar surface area (TPSA) is 58.7 Å². The summed E-state index contributed by atoms with van der Waals surface area (Å²) in [6.07, 6.45) is 1.16. The number of aromatic nitrogens is 1. The molecule has 0 radical (unpaired) electrons. The number of benzene rings is 1. The lowest BCUT2D eigenvalue weighted by molar-refractivity contribution is 0.0416. The van der Waals surface area contributed by atoms with E-state index in [9.17, 15) is 5.11 Å². The number of aryl methyl sites for hydroxylation is 1.